The van der Waals surface area contributed by atoms with Crippen molar-refractivity contribution >= 4 is 16.6 Å². The average Bonchev–Trinajstić information content (AvgIpc) is 2.90. The molecule has 0 spiro atoms. The highest BCUT2D eigenvalue weighted by molar-refractivity contribution is 5.86. The molecule has 0 saturated carbocycles. The predicted molar refractivity (Wildman–Crippen MR) is 97.6 cm³/mol. The number of anilines is 1. The molecule has 0 saturated heterocycles. The van der Waals surface area contributed by atoms with Gasteiger partial charge in [0.15, 0.2) is 0 Å². The monoisotopic (exact) mass is 318 g/mol. The van der Waals surface area contributed by atoms with Gasteiger partial charge in [-0.25, -0.2) is 4.68 Å². The van der Waals surface area contributed by atoms with Gasteiger partial charge in [0, 0.05) is 13.0 Å². The van der Waals surface area contributed by atoms with E-state index in [1.165, 1.54) is 16.3 Å². The minimum atomic E-state index is 0.490. The standard InChI is InChI=1S/C20H22N4/c1-2-3-6-12-24-20(22)18(14-21)19(23-24)13-16-10-7-9-15-8-4-5-11-17(15)16/h4-5,7-11H,2-3,6,12-13,22H2,1H3. The van der Waals surface area contributed by atoms with Gasteiger partial charge in [-0.3, -0.25) is 0 Å². The highest BCUT2D eigenvalue weighted by Gasteiger charge is 2.16. The van der Waals surface area contributed by atoms with E-state index in [-0.39, 0.29) is 0 Å². The van der Waals surface area contributed by atoms with E-state index in [2.05, 4.69) is 42.4 Å². The van der Waals surface area contributed by atoms with Gasteiger partial charge in [0.25, 0.3) is 0 Å². The number of nitrogens with two attached hydrogens (primary N) is 1. The number of fused-ring (bicyclic) bond motifs is 1. The minimum Gasteiger partial charge on any atom is -0.383 e. The van der Waals surface area contributed by atoms with Gasteiger partial charge in [0.2, 0.25) is 0 Å². The van der Waals surface area contributed by atoms with Crippen LogP contribution in [-0.4, -0.2) is 9.78 Å². The Bertz CT molecular complexity index is 881. The number of nitrogen functional groups attached to an aromatic ring is 1. The summed E-state index contributed by atoms with van der Waals surface area (Å²) in [6.45, 7) is 2.93. The fourth-order valence-corrected chi connectivity index (χ4v) is 3.08. The van der Waals surface area contributed by atoms with Gasteiger partial charge in [-0.05, 0) is 22.8 Å². The fraction of sp³-hybridized carbons (Fsp3) is 0.300. The largest absolute Gasteiger partial charge is 0.383 e. The second kappa shape index (κ2) is 7.18. The van der Waals surface area contributed by atoms with Crippen molar-refractivity contribution < 1.29 is 0 Å². The van der Waals surface area contributed by atoms with E-state index < -0.39 is 0 Å². The Labute approximate surface area is 142 Å². The van der Waals surface area contributed by atoms with Crippen molar-refractivity contribution in [2.75, 3.05) is 5.73 Å². The third-order valence-corrected chi connectivity index (χ3v) is 4.39. The first-order valence-corrected chi connectivity index (χ1v) is 8.46. The molecule has 122 valence electrons. The Balaban J connectivity index is 1.94. The maximum absolute atomic E-state index is 9.49. The van der Waals surface area contributed by atoms with Crippen LogP contribution < -0.4 is 5.73 Å². The lowest BCUT2D eigenvalue weighted by molar-refractivity contribution is 0.555. The van der Waals surface area contributed by atoms with Gasteiger partial charge in [-0.1, -0.05) is 62.2 Å². The van der Waals surface area contributed by atoms with Gasteiger partial charge >= 0.3 is 0 Å². The van der Waals surface area contributed by atoms with Crippen LogP contribution in [-0.2, 0) is 13.0 Å². The van der Waals surface area contributed by atoms with E-state index in [4.69, 9.17) is 5.73 Å². The molecule has 3 aromatic rings. The first-order chi connectivity index (χ1) is 11.7. The summed E-state index contributed by atoms with van der Waals surface area (Å²) in [6, 6.07) is 16.8. The van der Waals surface area contributed by atoms with Crippen LogP contribution in [0.2, 0.25) is 0 Å². The van der Waals surface area contributed by atoms with Crippen molar-refractivity contribution in [3.8, 4) is 6.07 Å². The molecule has 1 aromatic heterocycles. The number of rotatable bonds is 6. The summed E-state index contributed by atoms with van der Waals surface area (Å²) < 4.78 is 1.79. The first kappa shape index (κ1) is 16.1. The van der Waals surface area contributed by atoms with Crippen LogP contribution >= 0.6 is 0 Å². The molecule has 0 bridgehead atoms. The van der Waals surface area contributed by atoms with Gasteiger partial charge in [-0.2, -0.15) is 10.4 Å². The number of benzene rings is 2. The molecule has 0 unspecified atom stereocenters. The van der Waals surface area contributed by atoms with Crippen LogP contribution in [0, 0.1) is 11.3 Å². The average molecular weight is 318 g/mol. The van der Waals surface area contributed by atoms with Crippen molar-refractivity contribution in [1.82, 2.24) is 9.78 Å². The van der Waals surface area contributed by atoms with E-state index in [1.807, 2.05) is 18.2 Å². The first-order valence-electron chi connectivity index (χ1n) is 8.46. The molecule has 0 aliphatic carbocycles. The Hall–Kier alpha value is -2.80. The molecule has 0 amide bonds. The van der Waals surface area contributed by atoms with Crippen molar-refractivity contribution in [2.24, 2.45) is 0 Å². The summed E-state index contributed by atoms with van der Waals surface area (Å²) in [5.74, 6) is 0.490. The van der Waals surface area contributed by atoms with Crippen molar-refractivity contribution in [3.63, 3.8) is 0 Å². The number of nitriles is 1. The summed E-state index contributed by atoms with van der Waals surface area (Å²) in [5.41, 5.74) is 8.59. The quantitative estimate of drug-likeness (QED) is 0.690. The van der Waals surface area contributed by atoms with Crippen LogP contribution in [0.4, 0.5) is 5.82 Å². The molecule has 0 aliphatic rings. The molecule has 0 fully saturated rings. The normalized spacial score (nSPS) is 10.8. The highest BCUT2D eigenvalue weighted by Crippen LogP contribution is 2.24. The van der Waals surface area contributed by atoms with E-state index in [1.54, 1.807) is 4.68 Å². The van der Waals surface area contributed by atoms with Gasteiger partial charge in [0.1, 0.15) is 17.5 Å². The molecule has 0 atom stereocenters. The number of aryl methyl sites for hydroxylation is 1. The maximum atomic E-state index is 9.49. The molecule has 3 rings (SSSR count). The van der Waals surface area contributed by atoms with Crippen LogP contribution in [0.5, 0.6) is 0 Å². The van der Waals surface area contributed by atoms with E-state index in [9.17, 15) is 5.26 Å². The minimum absolute atomic E-state index is 0.490. The number of unbranched alkanes of at least 4 members (excludes halogenated alkanes) is 2. The van der Waals surface area contributed by atoms with Crippen LogP contribution in [0.3, 0.4) is 0 Å². The topological polar surface area (TPSA) is 67.6 Å². The maximum Gasteiger partial charge on any atom is 0.140 e. The summed E-state index contributed by atoms with van der Waals surface area (Å²) in [7, 11) is 0. The molecule has 24 heavy (non-hydrogen) atoms. The zero-order valence-electron chi connectivity index (χ0n) is 14.0. The zero-order valence-corrected chi connectivity index (χ0v) is 14.0. The number of hydrogen-bond donors (Lipinski definition) is 1. The van der Waals surface area contributed by atoms with Crippen molar-refractivity contribution in [1.29, 1.82) is 5.26 Å². The van der Waals surface area contributed by atoms with Crippen LogP contribution in [0.15, 0.2) is 42.5 Å². The molecular weight excluding hydrogens is 296 g/mol. The lowest BCUT2D eigenvalue weighted by Crippen LogP contribution is -2.05. The molecule has 0 aliphatic heterocycles. The Morgan fingerprint density at radius 2 is 1.92 bits per heavy atom. The summed E-state index contributed by atoms with van der Waals surface area (Å²) in [5, 5.41) is 16.5. The van der Waals surface area contributed by atoms with Gasteiger partial charge in [0.05, 0.1) is 5.69 Å². The second-order valence-electron chi connectivity index (χ2n) is 6.06. The number of hydrogen-bond acceptors (Lipinski definition) is 3. The van der Waals surface area contributed by atoms with E-state index in [0.717, 1.165) is 31.5 Å². The van der Waals surface area contributed by atoms with E-state index in [0.29, 0.717) is 17.8 Å². The Morgan fingerprint density at radius 1 is 1.12 bits per heavy atom. The van der Waals surface area contributed by atoms with Gasteiger partial charge < -0.3 is 5.73 Å². The van der Waals surface area contributed by atoms with Crippen LogP contribution in [0.1, 0.15) is 43.0 Å². The molecule has 4 nitrogen and oxygen atoms in total. The lowest BCUT2D eigenvalue weighted by Gasteiger charge is -2.05. The van der Waals surface area contributed by atoms with E-state index >= 15 is 0 Å². The van der Waals surface area contributed by atoms with Gasteiger partial charge in [-0.15, -0.1) is 0 Å². The smallest absolute Gasteiger partial charge is 0.140 e. The second-order valence-corrected chi connectivity index (χ2v) is 6.06. The molecule has 2 aromatic carbocycles. The predicted octanol–water partition coefficient (Wildman–Crippen LogP) is 4.27. The summed E-state index contributed by atoms with van der Waals surface area (Å²) >= 11 is 0. The third kappa shape index (κ3) is 3.11. The SMILES string of the molecule is CCCCCn1nc(Cc2cccc3ccccc23)c(C#N)c1N. The fourth-order valence-electron chi connectivity index (χ4n) is 3.08. The lowest BCUT2D eigenvalue weighted by atomic mass is 10.00. The van der Waals surface area contributed by atoms with Crippen molar-refractivity contribution in [2.45, 2.75) is 39.2 Å². The zero-order chi connectivity index (χ0) is 16.9. The molecule has 0 radical (unpaired) electrons. The summed E-state index contributed by atoms with van der Waals surface area (Å²) in [4.78, 5) is 0. The molecule has 1 heterocycles. The summed E-state index contributed by atoms with van der Waals surface area (Å²) in [6.07, 6.45) is 3.94. The highest BCUT2D eigenvalue weighted by atomic mass is 15.3. The number of aromatic nitrogens is 2. The Kier molecular flexibility index (Phi) is 4.81. The molecular formula is C20H22N4. The van der Waals surface area contributed by atoms with Crippen LogP contribution in [0.25, 0.3) is 10.8 Å². The third-order valence-electron chi connectivity index (χ3n) is 4.39. The molecule has 4 heteroatoms. The Morgan fingerprint density at radius 3 is 2.71 bits per heavy atom. The van der Waals surface area contributed by atoms with Crippen molar-refractivity contribution in [3.05, 3.63) is 59.3 Å². The molecule has 2 N–H and O–H groups in total. The number of nitrogens with zero attached hydrogens (tertiary/aromatic N) is 3.